The molecule has 0 saturated carbocycles. The van der Waals surface area contributed by atoms with E-state index in [1.54, 1.807) is 0 Å². The van der Waals surface area contributed by atoms with E-state index in [4.69, 9.17) is 5.11 Å². The topological polar surface area (TPSA) is 49.3 Å². The van der Waals surface area contributed by atoms with Gasteiger partial charge in [0.25, 0.3) is 5.91 Å². The van der Waals surface area contributed by atoms with Crippen LogP contribution in [-0.2, 0) is 0 Å². The van der Waals surface area contributed by atoms with Gasteiger partial charge in [-0.2, -0.15) is 0 Å². The van der Waals surface area contributed by atoms with Crippen LogP contribution in [0, 0.1) is 23.6 Å². The monoisotopic (exact) mass is 263 g/mol. The molecule has 0 aliphatic carbocycles. The number of aliphatic hydroxyl groups excluding tert-OH is 1. The molecule has 1 amide bonds. The summed E-state index contributed by atoms with van der Waals surface area (Å²) in [4.78, 5) is 11.9. The Kier molecular flexibility index (Phi) is 5.53. The van der Waals surface area contributed by atoms with Gasteiger partial charge >= 0.3 is 0 Å². The number of carbonyl (C=O) groups is 1. The summed E-state index contributed by atoms with van der Waals surface area (Å²) >= 11 is 0. The molecule has 0 saturated heterocycles. The van der Waals surface area contributed by atoms with E-state index < -0.39 is 5.82 Å². The van der Waals surface area contributed by atoms with Crippen molar-refractivity contribution < 1.29 is 14.3 Å². The first-order valence-electron chi connectivity index (χ1n) is 6.15. The minimum Gasteiger partial charge on any atom is -0.384 e. The first kappa shape index (κ1) is 15.2. The number of halogens is 1. The van der Waals surface area contributed by atoms with Crippen LogP contribution in [0.1, 0.15) is 36.7 Å². The van der Waals surface area contributed by atoms with Crippen LogP contribution in [0.4, 0.5) is 4.39 Å². The number of aliphatic hydroxyl groups is 1. The number of carbonyl (C=O) groups excluding carboxylic acids is 1. The van der Waals surface area contributed by atoms with Crippen molar-refractivity contribution in [2.45, 2.75) is 26.8 Å². The first-order chi connectivity index (χ1) is 8.95. The lowest BCUT2D eigenvalue weighted by atomic mass is 10.1. The lowest BCUT2D eigenvalue weighted by molar-refractivity contribution is 0.0930. The second-order valence-electron chi connectivity index (χ2n) is 4.66. The fraction of sp³-hybridized carbons (Fsp3) is 0.400. The van der Waals surface area contributed by atoms with Crippen LogP contribution in [0.2, 0.25) is 0 Å². The molecule has 3 nitrogen and oxygen atoms in total. The minimum absolute atomic E-state index is 0.0180. The molecule has 4 heteroatoms. The van der Waals surface area contributed by atoms with Gasteiger partial charge in [-0.3, -0.25) is 4.79 Å². The fourth-order valence-corrected chi connectivity index (χ4v) is 1.35. The van der Waals surface area contributed by atoms with Crippen LogP contribution >= 0.6 is 0 Å². The van der Waals surface area contributed by atoms with E-state index in [-0.39, 0.29) is 29.7 Å². The molecule has 2 N–H and O–H groups in total. The molecule has 0 heterocycles. The van der Waals surface area contributed by atoms with Crippen molar-refractivity contribution in [2.24, 2.45) is 5.92 Å². The highest BCUT2D eigenvalue weighted by atomic mass is 19.1. The van der Waals surface area contributed by atoms with Gasteiger partial charge in [0.1, 0.15) is 12.4 Å². The highest BCUT2D eigenvalue weighted by Gasteiger charge is 2.13. The molecule has 0 aromatic heterocycles. The van der Waals surface area contributed by atoms with Gasteiger partial charge < -0.3 is 10.4 Å². The highest BCUT2D eigenvalue weighted by molar-refractivity contribution is 5.94. The number of benzene rings is 1. The number of rotatable bonds is 3. The largest absolute Gasteiger partial charge is 0.384 e. The SMILES string of the molecule is CC(C)C(C)NC(=O)c1ccc(C#CCO)c(F)c1. The summed E-state index contributed by atoms with van der Waals surface area (Å²) < 4.78 is 13.7. The number of amides is 1. The molecule has 1 aromatic carbocycles. The van der Waals surface area contributed by atoms with Crippen LogP contribution in [0.3, 0.4) is 0 Å². The molecular formula is C15H18FNO2. The maximum absolute atomic E-state index is 13.7. The molecule has 1 aromatic rings. The van der Waals surface area contributed by atoms with E-state index in [1.165, 1.54) is 12.1 Å². The van der Waals surface area contributed by atoms with Gasteiger partial charge in [0.2, 0.25) is 0 Å². The zero-order chi connectivity index (χ0) is 14.4. The second kappa shape index (κ2) is 6.91. The lowest BCUT2D eigenvalue weighted by Crippen LogP contribution is -2.36. The normalized spacial score (nSPS) is 11.7. The fourth-order valence-electron chi connectivity index (χ4n) is 1.35. The number of hydrogen-bond acceptors (Lipinski definition) is 2. The molecular weight excluding hydrogens is 245 g/mol. The molecule has 0 bridgehead atoms. The van der Waals surface area contributed by atoms with Crippen LogP contribution in [0.25, 0.3) is 0 Å². The Bertz CT molecular complexity index is 515. The summed E-state index contributed by atoms with van der Waals surface area (Å²) in [7, 11) is 0. The van der Waals surface area contributed by atoms with Crippen molar-refractivity contribution in [3.05, 3.63) is 35.1 Å². The van der Waals surface area contributed by atoms with E-state index >= 15 is 0 Å². The summed E-state index contributed by atoms with van der Waals surface area (Å²) in [6.07, 6.45) is 0. The van der Waals surface area contributed by atoms with Crippen LogP contribution in [-0.4, -0.2) is 23.7 Å². The molecule has 19 heavy (non-hydrogen) atoms. The predicted molar refractivity (Wildman–Crippen MR) is 72.1 cm³/mol. The number of nitrogens with one attached hydrogen (secondary N) is 1. The van der Waals surface area contributed by atoms with Crippen LogP contribution < -0.4 is 5.32 Å². The van der Waals surface area contributed by atoms with Crippen molar-refractivity contribution >= 4 is 5.91 Å². The molecule has 0 aliphatic rings. The Morgan fingerprint density at radius 3 is 2.63 bits per heavy atom. The quantitative estimate of drug-likeness (QED) is 0.819. The third-order valence-electron chi connectivity index (χ3n) is 2.89. The number of hydrogen-bond donors (Lipinski definition) is 2. The van der Waals surface area contributed by atoms with Gasteiger partial charge in [-0.25, -0.2) is 4.39 Å². The summed E-state index contributed by atoms with van der Waals surface area (Å²) in [5, 5.41) is 11.4. The zero-order valence-corrected chi connectivity index (χ0v) is 11.3. The summed E-state index contributed by atoms with van der Waals surface area (Å²) in [5.74, 6) is 4.29. The maximum atomic E-state index is 13.7. The van der Waals surface area contributed by atoms with Crippen molar-refractivity contribution in [3.63, 3.8) is 0 Å². The predicted octanol–water partition coefficient (Wildman–Crippen LogP) is 1.94. The standard InChI is InChI=1S/C15H18FNO2/c1-10(2)11(3)17-15(19)13-7-6-12(5-4-8-18)14(16)9-13/h6-7,9-11,18H,8H2,1-3H3,(H,17,19). The van der Waals surface area contributed by atoms with Gasteiger partial charge in [0.05, 0.1) is 5.56 Å². The summed E-state index contributed by atoms with van der Waals surface area (Å²) in [6.45, 7) is 5.58. The Morgan fingerprint density at radius 2 is 2.11 bits per heavy atom. The Morgan fingerprint density at radius 1 is 1.42 bits per heavy atom. The molecule has 1 unspecified atom stereocenters. The molecule has 102 valence electrons. The van der Waals surface area contributed by atoms with E-state index in [0.29, 0.717) is 5.92 Å². The molecule has 0 spiro atoms. The summed E-state index contributed by atoms with van der Waals surface area (Å²) in [5.41, 5.74) is 0.432. The summed E-state index contributed by atoms with van der Waals surface area (Å²) in [6, 6.07) is 4.13. The van der Waals surface area contributed by atoms with Crippen molar-refractivity contribution in [1.29, 1.82) is 0 Å². The van der Waals surface area contributed by atoms with E-state index in [0.717, 1.165) is 6.07 Å². The van der Waals surface area contributed by atoms with E-state index in [2.05, 4.69) is 17.2 Å². The Balaban J connectivity index is 2.86. The van der Waals surface area contributed by atoms with Gasteiger partial charge in [-0.15, -0.1) is 0 Å². The lowest BCUT2D eigenvalue weighted by Gasteiger charge is -2.17. The van der Waals surface area contributed by atoms with E-state index in [1.807, 2.05) is 20.8 Å². The maximum Gasteiger partial charge on any atom is 0.251 e. The van der Waals surface area contributed by atoms with Crippen molar-refractivity contribution in [3.8, 4) is 11.8 Å². The van der Waals surface area contributed by atoms with Crippen LogP contribution in [0.15, 0.2) is 18.2 Å². The first-order valence-corrected chi connectivity index (χ1v) is 6.15. The zero-order valence-electron chi connectivity index (χ0n) is 11.3. The highest BCUT2D eigenvalue weighted by Crippen LogP contribution is 2.10. The van der Waals surface area contributed by atoms with Gasteiger partial charge in [-0.05, 0) is 31.0 Å². The average molecular weight is 263 g/mol. The third-order valence-corrected chi connectivity index (χ3v) is 2.89. The smallest absolute Gasteiger partial charge is 0.251 e. The molecule has 0 radical (unpaired) electrons. The van der Waals surface area contributed by atoms with Gasteiger partial charge in [-0.1, -0.05) is 25.7 Å². The second-order valence-corrected chi connectivity index (χ2v) is 4.66. The van der Waals surface area contributed by atoms with Crippen molar-refractivity contribution in [1.82, 2.24) is 5.32 Å². The molecule has 0 fully saturated rings. The Hall–Kier alpha value is -1.86. The van der Waals surface area contributed by atoms with Gasteiger partial charge in [0.15, 0.2) is 0 Å². The average Bonchev–Trinajstić information content (AvgIpc) is 2.36. The van der Waals surface area contributed by atoms with E-state index in [9.17, 15) is 9.18 Å². The van der Waals surface area contributed by atoms with Crippen molar-refractivity contribution in [2.75, 3.05) is 6.61 Å². The van der Waals surface area contributed by atoms with Gasteiger partial charge in [0, 0.05) is 11.6 Å². The minimum atomic E-state index is -0.564. The Labute approximate surface area is 112 Å². The molecule has 1 atom stereocenters. The molecule has 1 rings (SSSR count). The third kappa shape index (κ3) is 4.38. The molecule has 0 aliphatic heterocycles. The van der Waals surface area contributed by atoms with Crippen LogP contribution in [0.5, 0.6) is 0 Å².